The summed E-state index contributed by atoms with van der Waals surface area (Å²) in [5.41, 5.74) is 1.79. The van der Waals surface area contributed by atoms with Gasteiger partial charge >= 0.3 is 0 Å². The van der Waals surface area contributed by atoms with Crippen LogP contribution in [-0.4, -0.2) is 31.7 Å². The molecule has 0 bridgehead atoms. The molecule has 5 nitrogen and oxygen atoms in total. The molecule has 2 heterocycles. The van der Waals surface area contributed by atoms with E-state index in [4.69, 9.17) is 0 Å². The van der Waals surface area contributed by atoms with Gasteiger partial charge < -0.3 is 5.32 Å². The van der Waals surface area contributed by atoms with Gasteiger partial charge in [-0.2, -0.15) is 0 Å². The van der Waals surface area contributed by atoms with Crippen LogP contribution in [-0.2, 0) is 16.6 Å². The molecule has 0 spiro atoms. The van der Waals surface area contributed by atoms with E-state index in [1.165, 1.54) is 12.8 Å². The molecule has 1 unspecified atom stereocenters. The Morgan fingerprint density at radius 2 is 2.30 bits per heavy atom. The van der Waals surface area contributed by atoms with Crippen LogP contribution in [0.2, 0.25) is 0 Å². The molecule has 6 heteroatoms. The average Bonchev–Trinajstić information content (AvgIpc) is 2.46. The maximum Gasteiger partial charge on any atom is 0.212 e. The van der Waals surface area contributed by atoms with Crippen LogP contribution < -0.4 is 10.0 Å². The molecular formula is C14H23N3O2S. The van der Waals surface area contributed by atoms with Crippen LogP contribution in [0.1, 0.15) is 36.9 Å². The van der Waals surface area contributed by atoms with Crippen molar-refractivity contribution in [2.45, 2.75) is 45.2 Å². The van der Waals surface area contributed by atoms with Crippen molar-refractivity contribution in [3.05, 3.63) is 29.6 Å². The van der Waals surface area contributed by atoms with Crippen LogP contribution in [0.15, 0.2) is 18.3 Å². The summed E-state index contributed by atoms with van der Waals surface area (Å²) in [6.07, 6.45) is 5.83. The number of hydrogen-bond donors (Lipinski definition) is 2. The van der Waals surface area contributed by atoms with Crippen molar-refractivity contribution in [1.82, 2.24) is 15.0 Å². The number of pyridine rings is 1. The highest BCUT2D eigenvalue weighted by molar-refractivity contribution is 7.89. The summed E-state index contributed by atoms with van der Waals surface area (Å²) in [6, 6.07) is 4.13. The van der Waals surface area contributed by atoms with Crippen molar-refractivity contribution in [1.29, 1.82) is 0 Å². The van der Waals surface area contributed by atoms with Crippen molar-refractivity contribution < 1.29 is 8.42 Å². The average molecular weight is 297 g/mol. The van der Waals surface area contributed by atoms with E-state index in [9.17, 15) is 8.42 Å². The zero-order chi connectivity index (χ0) is 14.4. The number of nitrogens with one attached hydrogen (secondary N) is 2. The molecule has 2 N–H and O–H groups in total. The summed E-state index contributed by atoms with van der Waals surface area (Å²) in [7, 11) is -3.23. The molecule has 1 aliphatic rings. The third kappa shape index (κ3) is 4.85. The molecule has 1 saturated heterocycles. The molecule has 0 aliphatic carbocycles. The number of hydrogen-bond acceptors (Lipinski definition) is 4. The zero-order valence-corrected chi connectivity index (χ0v) is 12.7. The van der Waals surface area contributed by atoms with Gasteiger partial charge in [0.05, 0.1) is 18.0 Å². The second-order valence-corrected chi connectivity index (χ2v) is 7.27. The zero-order valence-electron chi connectivity index (χ0n) is 11.9. The Morgan fingerprint density at radius 3 is 3.00 bits per heavy atom. The summed E-state index contributed by atoms with van der Waals surface area (Å²) in [6.45, 7) is 3.21. The molecule has 20 heavy (non-hydrogen) atoms. The Hall–Kier alpha value is -0.980. The first-order chi connectivity index (χ1) is 9.57. The number of rotatable bonds is 6. The Kier molecular flexibility index (Phi) is 5.51. The van der Waals surface area contributed by atoms with Crippen molar-refractivity contribution >= 4 is 10.0 Å². The Bertz CT molecular complexity index is 525. The van der Waals surface area contributed by atoms with Gasteiger partial charge in [0.2, 0.25) is 10.0 Å². The number of sulfonamides is 1. The first-order valence-electron chi connectivity index (χ1n) is 7.18. The van der Waals surface area contributed by atoms with Gasteiger partial charge in [0.25, 0.3) is 0 Å². The van der Waals surface area contributed by atoms with Crippen LogP contribution in [0, 0.1) is 6.92 Å². The monoisotopic (exact) mass is 297 g/mol. The highest BCUT2D eigenvalue weighted by Gasteiger charge is 2.17. The normalized spacial score (nSPS) is 19.9. The van der Waals surface area contributed by atoms with E-state index in [0.29, 0.717) is 12.5 Å². The number of aromatic nitrogens is 1. The fourth-order valence-corrected chi connectivity index (χ4v) is 3.52. The maximum atomic E-state index is 12.0. The third-order valence-electron chi connectivity index (χ3n) is 3.72. The predicted molar refractivity (Wildman–Crippen MR) is 79.9 cm³/mol. The quantitative estimate of drug-likeness (QED) is 0.831. The molecule has 0 saturated carbocycles. The van der Waals surface area contributed by atoms with Gasteiger partial charge in [0.1, 0.15) is 0 Å². The van der Waals surface area contributed by atoms with Gasteiger partial charge in [0, 0.05) is 12.2 Å². The third-order valence-corrected chi connectivity index (χ3v) is 5.08. The second kappa shape index (κ2) is 7.15. The molecule has 1 atom stereocenters. The number of nitrogens with zero attached hydrogens (tertiary/aromatic N) is 1. The summed E-state index contributed by atoms with van der Waals surface area (Å²) >= 11 is 0. The van der Waals surface area contributed by atoms with Crippen LogP contribution in [0.25, 0.3) is 0 Å². The van der Waals surface area contributed by atoms with E-state index in [2.05, 4.69) is 15.0 Å². The van der Waals surface area contributed by atoms with Crippen molar-refractivity contribution in [2.24, 2.45) is 0 Å². The largest absolute Gasteiger partial charge is 0.314 e. The Balaban J connectivity index is 1.80. The summed E-state index contributed by atoms with van der Waals surface area (Å²) < 4.78 is 26.6. The fourth-order valence-electron chi connectivity index (χ4n) is 2.42. The second-order valence-electron chi connectivity index (χ2n) is 5.34. The molecule has 1 aromatic heterocycles. The lowest BCUT2D eigenvalue weighted by molar-refractivity contribution is 0.392. The minimum atomic E-state index is -3.23. The minimum absolute atomic E-state index is 0.177. The van der Waals surface area contributed by atoms with Crippen LogP contribution in [0.5, 0.6) is 0 Å². The molecule has 0 aromatic carbocycles. The predicted octanol–water partition coefficient (Wildman–Crippen LogP) is 1.34. The van der Waals surface area contributed by atoms with Gasteiger partial charge in [-0.1, -0.05) is 12.5 Å². The lowest BCUT2D eigenvalue weighted by atomic mass is 10.0. The lowest BCUT2D eigenvalue weighted by Gasteiger charge is -2.23. The summed E-state index contributed by atoms with van der Waals surface area (Å²) in [4.78, 5) is 4.19. The van der Waals surface area contributed by atoms with E-state index in [1.54, 1.807) is 6.20 Å². The van der Waals surface area contributed by atoms with Gasteiger partial charge in [-0.15, -0.1) is 0 Å². The summed E-state index contributed by atoms with van der Waals surface area (Å²) in [5.74, 6) is 0.177. The number of aryl methyl sites for hydroxylation is 1. The molecule has 2 rings (SSSR count). The highest BCUT2D eigenvalue weighted by Crippen LogP contribution is 2.11. The molecule has 0 amide bonds. The SMILES string of the molecule is Cc1cccnc1CNS(=O)(=O)CCC1CCCCN1. The topological polar surface area (TPSA) is 71.1 Å². The van der Waals surface area contributed by atoms with E-state index in [1.807, 2.05) is 19.1 Å². The molecular weight excluding hydrogens is 274 g/mol. The smallest absolute Gasteiger partial charge is 0.212 e. The standard InChI is InChI=1S/C14H23N3O2S/c1-12-5-4-9-16-14(12)11-17-20(18,19)10-7-13-6-2-3-8-15-13/h4-5,9,13,15,17H,2-3,6-8,10-11H2,1H3. The Morgan fingerprint density at radius 1 is 1.45 bits per heavy atom. The van der Waals surface area contributed by atoms with E-state index >= 15 is 0 Å². The van der Waals surface area contributed by atoms with Gasteiger partial charge in [-0.3, -0.25) is 4.98 Å². The molecule has 1 aliphatic heterocycles. The first kappa shape index (κ1) is 15.4. The fraction of sp³-hybridized carbons (Fsp3) is 0.643. The van der Waals surface area contributed by atoms with Crippen LogP contribution in [0.3, 0.4) is 0 Å². The van der Waals surface area contributed by atoms with E-state index < -0.39 is 10.0 Å². The number of piperidine rings is 1. The molecule has 112 valence electrons. The Labute approximate surface area is 121 Å². The van der Waals surface area contributed by atoms with Crippen LogP contribution in [0.4, 0.5) is 0 Å². The highest BCUT2D eigenvalue weighted by atomic mass is 32.2. The van der Waals surface area contributed by atoms with Crippen LogP contribution >= 0.6 is 0 Å². The van der Waals surface area contributed by atoms with Gasteiger partial charge in [-0.05, 0) is 44.4 Å². The van der Waals surface area contributed by atoms with Crippen molar-refractivity contribution in [3.8, 4) is 0 Å². The van der Waals surface area contributed by atoms with Gasteiger partial charge in [0.15, 0.2) is 0 Å². The summed E-state index contributed by atoms with van der Waals surface area (Å²) in [5, 5.41) is 3.37. The van der Waals surface area contributed by atoms with Crippen molar-refractivity contribution in [3.63, 3.8) is 0 Å². The van der Waals surface area contributed by atoms with Gasteiger partial charge in [-0.25, -0.2) is 13.1 Å². The molecule has 1 fully saturated rings. The van der Waals surface area contributed by atoms with E-state index in [-0.39, 0.29) is 12.3 Å². The minimum Gasteiger partial charge on any atom is -0.314 e. The van der Waals surface area contributed by atoms with Crippen molar-refractivity contribution in [2.75, 3.05) is 12.3 Å². The molecule has 0 radical (unpaired) electrons. The van der Waals surface area contributed by atoms with E-state index in [0.717, 1.165) is 24.2 Å². The molecule has 1 aromatic rings. The lowest BCUT2D eigenvalue weighted by Crippen LogP contribution is -2.37. The maximum absolute atomic E-state index is 12.0. The first-order valence-corrected chi connectivity index (χ1v) is 8.83.